The first-order valence-corrected chi connectivity index (χ1v) is 9.36. The summed E-state index contributed by atoms with van der Waals surface area (Å²) in [6, 6.07) is 22.0. The highest BCUT2D eigenvalue weighted by molar-refractivity contribution is 5.73. The molecule has 130 valence electrons. The molecule has 26 heavy (non-hydrogen) atoms. The first kappa shape index (κ1) is 15.4. The molecule has 0 radical (unpaired) electrons. The molecule has 4 heteroatoms. The maximum Gasteiger partial charge on any atom is 0.225 e. The summed E-state index contributed by atoms with van der Waals surface area (Å²) >= 11 is 0. The summed E-state index contributed by atoms with van der Waals surface area (Å²) in [5.74, 6) is 1.71. The van der Waals surface area contributed by atoms with Crippen LogP contribution in [0.3, 0.4) is 0 Å². The van der Waals surface area contributed by atoms with E-state index in [0.29, 0.717) is 12.1 Å². The lowest BCUT2D eigenvalue weighted by Gasteiger charge is -2.25. The van der Waals surface area contributed by atoms with Crippen LogP contribution in [0.2, 0.25) is 0 Å². The average molecular weight is 342 g/mol. The first-order valence-electron chi connectivity index (χ1n) is 9.36. The zero-order valence-electron chi connectivity index (χ0n) is 14.9. The van der Waals surface area contributed by atoms with Gasteiger partial charge in [0.15, 0.2) is 0 Å². The third kappa shape index (κ3) is 2.81. The van der Waals surface area contributed by atoms with Gasteiger partial charge in [0, 0.05) is 29.4 Å². The van der Waals surface area contributed by atoms with Crippen molar-refractivity contribution in [1.29, 1.82) is 0 Å². The Hall–Kier alpha value is -2.88. The van der Waals surface area contributed by atoms with E-state index in [1.165, 1.54) is 24.1 Å². The van der Waals surface area contributed by atoms with E-state index < -0.39 is 0 Å². The molecule has 0 amide bonds. The molecule has 1 N–H and O–H groups in total. The lowest BCUT2D eigenvalue weighted by atomic mass is 10.1. The van der Waals surface area contributed by atoms with Crippen LogP contribution in [-0.4, -0.2) is 22.1 Å². The molecule has 1 fully saturated rings. The first-order chi connectivity index (χ1) is 12.8. The molecule has 2 aliphatic rings. The SMILES string of the molecule is CC1Cc2ccccc2N1c1cc(-c2ccccc2)nc(NC2CC2)n1. The van der Waals surface area contributed by atoms with Crippen LogP contribution in [-0.2, 0) is 6.42 Å². The van der Waals surface area contributed by atoms with Crippen molar-refractivity contribution in [2.45, 2.75) is 38.3 Å². The zero-order valence-corrected chi connectivity index (χ0v) is 14.9. The van der Waals surface area contributed by atoms with Crippen LogP contribution in [0.1, 0.15) is 25.3 Å². The van der Waals surface area contributed by atoms with Crippen molar-refractivity contribution in [2.24, 2.45) is 0 Å². The Morgan fingerprint density at radius 1 is 0.962 bits per heavy atom. The van der Waals surface area contributed by atoms with E-state index in [9.17, 15) is 0 Å². The van der Waals surface area contributed by atoms with Gasteiger partial charge in [-0.3, -0.25) is 0 Å². The summed E-state index contributed by atoms with van der Waals surface area (Å²) in [5.41, 5.74) is 4.73. The number of rotatable bonds is 4. The van der Waals surface area contributed by atoms with Crippen LogP contribution in [0.4, 0.5) is 17.5 Å². The van der Waals surface area contributed by atoms with Gasteiger partial charge in [0.25, 0.3) is 0 Å². The minimum atomic E-state index is 0.389. The third-order valence-electron chi connectivity index (χ3n) is 5.15. The second kappa shape index (κ2) is 6.13. The van der Waals surface area contributed by atoms with Crippen molar-refractivity contribution in [3.05, 3.63) is 66.2 Å². The van der Waals surface area contributed by atoms with Gasteiger partial charge >= 0.3 is 0 Å². The van der Waals surface area contributed by atoms with E-state index in [1.54, 1.807) is 0 Å². The lowest BCUT2D eigenvalue weighted by Crippen LogP contribution is -2.25. The quantitative estimate of drug-likeness (QED) is 0.739. The third-order valence-corrected chi connectivity index (χ3v) is 5.15. The van der Waals surface area contributed by atoms with Gasteiger partial charge in [0.05, 0.1) is 5.69 Å². The molecule has 2 aromatic carbocycles. The number of aromatic nitrogens is 2. The zero-order chi connectivity index (χ0) is 17.5. The molecular weight excluding hydrogens is 320 g/mol. The molecule has 0 spiro atoms. The normalized spacial score (nSPS) is 18.7. The van der Waals surface area contributed by atoms with Crippen LogP contribution < -0.4 is 10.2 Å². The van der Waals surface area contributed by atoms with E-state index in [1.807, 2.05) is 6.07 Å². The minimum Gasteiger partial charge on any atom is -0.351 e. The van der Waals surface area contributed by atoms with Crippen LogP contribution in [0.25, 0.3) is 11.3 Å². The number of benzene rings is 2. The van der Waals surface area contributed by atoms with E-state index >= 15 is 0 Å². The van der Waals surface area contributed by atoms with Gasteiger partial charge in [-0.1, -0.05) is 48.5 Å². The van der Waals surface area contributed by atoms with Crippen molar-refractivity contribution in [3.63, 3.8) is 0 Å². The molecule has 1 aromatic heterocycles. The Labute approximate surface area is 153 Å². The fourth-order valence-corrected chi connectivity index (χ4v) is 3.70. The monoisotopic (exact) mass is 342 g/mol. The van der Waals surface area contributed by atoms with Gasteiger partial charge in [0.1, 0.15) is 5.82 Å². The number of fused-ring (bicyclic) bond motifs is 1. The van der Waals surface area contributed by atoms with E-state index in [4.69, 9.17) is 9.97 Å². The maximum atomic E-state index is 4.87. The van der Waals surface area contributed by atoms with Crippen molar-refractivity contribution in [1.82, 2.24) is 9.97 Å². The van der Waals surface area contributed by atoms with E-state index in [2.05, 4.69) is 71.7 Å². The van der Waals surface area contributed by atoms with Gasteiger partial charge in [-0.05, 0) is 37.8 Å². The van der Waals surface area contributed by atoms with Crippen molar-refractivity contribution < 1.29 is 0 Å². The molecular formula is C22H22N4. The highest BCUT2D eigenvalue weighted by Crippen LogP contribution is 2.38. The molecule has 0 bridgehead atoms. The van der Waals surface area contributed by atoms with E-state index in [0.717, 1.165) is 29.4 Å². The molecule has 0 saturated heterocycles. The Morgan fingerprint density at radius 3 is 2.54 bits per heavy atom. The Bertz CT molecular complexity index is 934. The van der Waals surface area contributed by atoms with Gasteiger partial charge < -0.3 is 10.2 Å². The maximum absolute atomic E-state index is 4.87. The van der Waals surface area contributed by atoms with Crippen molar-refractivity contribution in [3.8, 4) is 11.3 Å². The second-order valence-corrected chi connectivity index (χ2v) is 7.27. The summed E-state index contributed by atoms with van der Waals surface area (Å²) in [6.45, 7) is 2.26. The predicted molar refractivity (Wildman–Crippen MR) is 106 cm³/mol. The van der Waals surface area contributed by atoms with Crippen molar-refractivity contribution in [2.75, 3.05) is 10.2 Å². The Kier molecular flexibility index (Phi) is 3.63. The highest BCUT2D eigenvalue weighted by Gasteiger charge is 2.29. The molecule has 1 saturated carbocycles. The van der Waals surface area contributed by atoms with Gasteiger partial charge in [-0.2, -0.15) is 4.98 Å². The summed E-state index contributed by atoms with van der Waals surface area (Å²) in [7, 11) is 0. The largest absolute Gasteiger partial charge is 0.351 e. The molecule has 1 unspecified atom stereocenters. The molecule has 1 atom stereocenters. The van der Waals surface area contributed by atoms with Gasteiger partial charge in [0.2, 0.25) is 5.95 Å². The molecule has 3 aromatic rings. The molecule has 2 heterocycles. The number of anilines is 3. The number of hydrogen-bond donors (Lipinski definition) is 1. The fourth-order valence-electron chi connectivity index (χ4n) is 3.70. The van der Waals surface area contributed by atoms with Gasteiger partial charge in [-0.25, -0.2) is 4.98 Å². The van der Waals surface area contributed by atoms with Crippen LogP contribution in [0.15, 0.2) is 60.7 Å². The summed E-state index contributed by atoms with van der Waals surface area (Å²) in [6.07, 6.45) is 3.46. The standard InChI is InChI=1S/C22H22N4/c1-15-13-17-9-5-6-10-20(17)26(15)21-14-19(16-7-3-2-4-8-16)24-22(25-21)23-18-11-12-18/h2-10,14-15,18H,11-13H2,1H3,(H,23,24,25). The van der Waals surface area contributed by atoms with Crippen LogP contribution in [0, 0.1) is 0 Å². The topological polar surface area (TPSA) is 41.1 Å². The molecule has 4 nitrogen and oxygen atoms in total. The summed E-state index contributed by atoms with van der Waals surface area (Å²) in [4.78, 5) is 12.0. The van der Waals surface area contributed by atoms with E-state index in [-0.39, 0.29) is 0 Å². The number of hydrogen-bond acceptors (Lipinski definition) is 4. The number of nitrogens with zero attached hydrogens (tertiary/aromatic N) is 3. The Balaban J connectivity index is 1.61. The average Bonchev–Trinajstić information content (AvgIpc) is 3.41. The number of para-hydroxylation sites is 1. The molecule has 1 aliphatic carbocycles. The van der Waals surface area contributed by atoms with Crippen LogP contribution >= 0.6 is 0 Å². The molecule has 5 rings (SSSR count). The lowest BCUT2D eigenvalue weighted by molar-refractivity contribution is 0.749. The Morgan fingerprint density at radius 2 is 1.73 bits per heavy atom. The summed E-state index contributed by atoms with van der Waals surface area (Å²) in [5, 5.41) is 3.48. The van der Waals surface area contributed by atoms with Gasteiger partial charge in [-0.15, -0.1) is 0 Å². The predicted octanol–water partition coefficient (Wildman–Crippen LogP) is 4.80. The summed E-state index contributed by atoms with van der Waals surface area (Å²) < 4.78 is 0. The van der Waals surface area contributed by atoms with Crippen molar-refractivity contribution >= 4 is 17.5 Å². The smallest absolute Gasteiger partial charge is 0.225 e. The van der Waals surface area contributed by atoms with Crippen LogP contribution in [0.5, 0.6) is 0 Å². The molecule has 1 aliphatic heterocycles. The second-order valence-electron chi connectivity index (χ2n) is 7.27. The highest BCUT2D eigenvalue weighted by atomic mass is 15.3. The minimum absolute atomic E-state index is 0.389. The fraction of sp³-hybridized carbons (Fsp3) is 0.273. The number of nitrogens with one attached hydrogen (secondary N) is 1.